The highest BCUT2D eigenvalue weighted by molar-refractivity contribution is 5.83. The van der Waals surface area contributed by atoms with Crippen LogP contribution in [0.1, 0.15) is 32.1 Å². The molecule has 2 aliphatic rings. The molecule has 0 aromatic carbocycles. The number of nitrogens with one attached hydrogen (secondary N) is 1. The Kier molecular flexibility index (Phi) is 3.80. The zero-order chi connectivity index (χ0) is 9.64. The smallest absolute Gasteiger partial charge is 0.0964 e. The van der Waals surface area contributed by atoms with Gasteiger partial charge in [-0.2, -0.15) is 0 Å². The summed E-state index contributed by atoms with van der Waals surface area (Å²) in [5.41, 5.74) is 0. The van der Waals surface area contributed by atoms with Gasteiger partial charge in [0.05, 0.1) is 5.84 Å². The van der Waals surface area contributed by atoms with Gasteiger partial charge in [-0.1, -0.05) is 6.42 Å². The van der Waals surface area contributed by atoms with E-state index in [0.29, 0.717) is 0 Å². The van der Waals surface area contributed by atoms with Crippen LogP contribution in [0.4, 0.5) is 0 Å². The molecule has 2 aliphatic heterocycles. The van der Waals surface area contributed by atoms with Crippen LogP contribution in [0.15, 0.2) is 4.99 Å². The van der Waals surface area contributed by atoms with E-state index in [1.165, 1.54) is 57.6 Å². The first-order chi connectivity index (χ1) is 6.95. The van der Waals surface area contributed by atoms with Crippen LogP contribution in [0.3, 0.4) is 0 Å². The van der Waals surface area contributed by atoms with Crippen LogP contribution in [0.25, 0.3) is 0 Å². The number of piperidine rings is 1. The molecule has 0 aromatic rings. The molecule has 80 valence electrons. The van der Waals surface area contributed by atoms with Gasteiger partial charge < -0.3 is 10.2 Å². The minimum atomic E-state index is 1.03. The van der Waals surface area contributed by atoms with Crippen LogP contribution < -0.4 is 5.32 Å². The van der Waals surface area contributed by atoms with Crippen molar-refractivity contribution in [2.45, 2.75) is 32.1 Å². The Morgan fingerprint density at radius 3 is 2.71 bits per heavy atom. The average Bonchev–Trinajstić information content (AvgIpc) is 2.72. The molecule has 0 spiro atoms. The van der Waals surface area contributed by atoms with Gasteiger partial charge in [-0.3, -0.25) is 4.99 Å². The monoisotopic (exact) mass is 195 g/mol. The molecule has 14 heavy (non-hydrogen) atoms. The molecule has 0 amide bonds. The highest BCUT2D eigenvalue weighted by Gasteiger charge is 2.10. The number of hydrogen-bond donors (Lipinski definition) is 1. The molecule has 0 bridgehead atoms. The first-order valence-electron chi connectivity index (χ1n) is 5.95. The molecular weight excluding hydrogens is 174 g/mol. The third-order valence-corrected chi connectivity index (χ3v) is 3.08. The summed E-state index contributed by atoms with van der Waals surface area (Å²) in [6.45, 7) is 5.91. The normalized spacial score (nSPS) is 23.6. The van der Waals surface area contributed by atoms with Crippen molar-refractivity contribution < 1.29 is 0 Å². The van der Waals surface area contributed by atoms with Crippen molar-refractivity contribution in [2.75, 3.05) is 32.7 Å². The van der Waals surface area contributed by atoms with Gasteiger partial charge in [0, 0.05) is 26.1 Å². The maximum absolute atomic E-state index is 4.41. The van der Waals surface area contributed by atoms with Gasteiger partial charge in [-0.05, 0) is 32.4 Å². The fourth-order valence-electron chi connectivity index (χ4n) is 2.23. The lowest BCUT2D eigenvalue weighted by atomic mass is 10.1. The summed E-state index contributed by atoms with van der Waals surface area (Å²) in [5.74, 6) is 1.24. The van der Waals surface area contributed by atoms with E-state index >= 15 is 0 Å². The van der Waals surface area contributed by atoms with Crippen LogP contribution in [0.5, 0.6) is 0 Å². The fourth-order valence-corrected chi connectivity index (χ4v) is 2.23. The van der Waals surface area contributed by atoms with Crippen molar-refractivity contribution >= 4 is 5.84 Å². The van der Waals surface area contributed by atoms with E-state index in [2.05, 4.69) is 15.2 Å². The Morgan fingerprint density at radius 1 is 1.14 bits per heavy atom. The molecular formula is C11H21N3. The Balaban J connectivity index is 1.57. The third kappa shape index (κ3) is 2.98. The number of amidine groups is 1. The maximum Gasteiger partial charge on any atom is 0.0964 e. The summed E-state index contributed by atoms with van der Waals surface area (Å²) in [5, 5.41) is 3.44. The molecule has 3 heteroatoms. The van der Waals surface area contributed by atoms with Gasteiger partial charge in [0.1, 0.15) is 0 Å². The predicted molar refractivity (Wildman–Crippen MR) is 59.8 cm³/mol. The summed E-state index contributed by atoms with van der Waals surface area (Å²) >= 11 is 0. The lowest BCUT2D eigenvalue weighted by molar-refractivity contribution is 0.232. The van der Waals surface area contributed by atoms with E-state index in [1.54, 1.807) is 0 Å². The summed E-state index contributed by atoms with van der Waals surface area (Å²) in [6, 6.07) is 0. The minimum absolute atomic E-state index is 1.03. The van der Waals surface area contributed by atoms with Crippen LogP contribution in [0, 0.1) is 0 Å². The van der Waals surface area contributed by atoms with Gasteiger partial charge in [0.25, 0.3) is 0 Å². The Bertz CT molecular complexity index is 195. The molecule has 0 aliphatic carbocycles. The Labute approximate surface area is 86.6 Å². The van der Waals surface area contributed by atoms with E-state index in [-0.39, 0.29) is 0 Å². The summed E-state index contributed by atoms with van der Waals surface area (Å²) < 4.78 is 0. The highest BCUT2D eigenvalue weighted by Crippen LogP contribution is 2.07. The lowest BCUT2D eigenvalue weighted by Crippen LogP contribution is -2.37. The molecule has 2 rings (SSSR count). The van der Waals surface area contributed by atoms with Crippen LogP contribution in [0.2, 0.25) is 0 Å². The van der Waals surface area contributed by atoms with Gasteiger partial charge >= 0.3 is 0 Å². The second-order valence-electron chi connectivity index (χ2n) is 4.26. The summed E-state index contributed by atoms with van der Waals surface area (Å²) in [4.78, 5) is 6.97. The van der Waals surface area contributed by atoms with E-state index in [1.807, 2.05) is 0 Å². The largest absolute Gasteiger partial charge is 0.373 e. The van der Waals surface area contributed by atoms with Gasteiger partial charge in [0.2, 0.25) is 0 Å². The van der Waals surface area contributed by atoms with Gasteiger partial charge in [-0.25, -0.2) is 0 Å². The molecule has 2 heterocycles. The van der Waals surface area contributed by atoms with Crippen LogP contribution in [-0.4, -0.2) is 43.5 Å². The molecule has 0 radical (unpaired) electrons. The number of hydrogen-bond acceptors (Lipinski definition) is 3. The quantitative estimate of drug-likeness (QED) is 0.734. The zero-order valence-electron chi connectivity index (χ0n) is 8.97. The SMILES string of the molecule is C1CCN(CCNC2=NCCC2)CC1. The van der Waals surface area contributed by atoms with E-state index in [4.69, 9.17) is 0 Å². The summed E-state index contributed by atoms with van der Waals surface area (Å²) in [7, 11) is 0. The second-order valence-corrected chi connectivity index (χ2v) is 4.26. The molecule has 3 nitrogen and oxygen atoms in total. The van der Waals surface area contributed by atoms with Crippen molar-refractivity contribution in [3.05, 3.63) is 0 Å². The van der Waals surface area contributed by atoms with Gasteiger partial charge in [0.15, 0.2) is 0 Å². The highest BCUT2D eigenvalue weighted by atomic mass is 15.1. The Hall–Kier alpha value is -0.570. The maximum atomic E-state index is 4.41. The minimum Gasteiger partial charge on any atom is -0.373 e. The molecule has 0 saturated carbocycles. The van der Waals surface area contributed by atoms with Crippen molar-refractivity contribution in [2.24, 2.45) is 4.99 Å². The van der Waals surface area contributed by atoms with Crippen molar-refractivity contribution in [1.29, 1.82) is 0 Å². The van der Waals surface area contributed by atoms with E-state index in [0.717, 1.165) is 13.1 Å². The van der Waals surface area contributed by atoms with E-state index in [9.17, 15) is 0 Å². The number of aliphatic imine (C=N–C) groups is 1. The lowest BCUT2D eigenvalue weighted by Gasteiger charge is -2.26. The average molecular weight is 195 g/mol. The first kappa shape index (κ1) is 9.97. The number of rotatable bonds is 3. The second kappa shape index (κ2) is 5.35. The van der Waals surface area contributed by atoms with Crippen LogP contribution in [-0.2, 0) is 0 Å². The van der Waals surface area contributed by atoms with E-state index < -0.39 is 0 Å². The molecule has 0 aromatic heterocycles. The van der Waals surface area contributed by atoms with Crippen molar-refractivity contribution in [1.82, 2.24) is 10.2 Å². The molecule has 0 atom stereocenters. The molecule has 0 unspecified atom stereocenters. The predicted octanol–water partition coefficient (Wildman–Crippen LogP) is 1.25. The number of likely N-dealkylation sites (tertiary alicyclic amines) is 1. The zero-order valence-corrected chi connectivity index (χ0v) is 8.97. The third-order valence-electron chi connectivity index (χ3n) is 3.08. The first-order valence-corrected chi connectivity index (χ1v) is 5.95. The molecule has 1 fully saturated rings. The van der Waals surface area contributed by atoms with Gasteiger partial charge in [-0.15, -0.1) is 0 Å². The van der Waals surface area contributed by atoms with Crippen molar-refractivity contribution in [3.63, 3.8) is 0 Å². The molecule has 1 N–H and O–H groups in total. The summed E-state index contributed by atoms with van der Waals surface area (Å²) in [6.07, 6.45) is 6.62. The number of nitrogens with zero attached hydrogens (tertiary/aromatic N) is 2. The van der Waals surface area contributed by atoms with Crippen LogP contribution >= 0.6 is 0 Å². The Morgan fingerprint density at radius 2 is 2.00 bits per heavy atom. The molecule has 1 saturated heterocycles. The standard InChI is InChI=1S/C11H21N3/c1-2-8-14(9-3-1)10-7-13-11-5-4-6-12-11/h1-10H2,(H,12,13). The fraction of sp³-hybridized carbons (Fsp3) is 0.909. The topological polar surface area (TPSA) is 27.6 Å². The van der Waals surface area contributed by atoms with Crippen molar-refractivity contribution in [3.8, 4) is 0 Å².